The van der Waals surface area contributed by atoms with Crippen LogP contribution in [0.4, 0.5) is 0 Å². The molecule has 0 spiro atoms. The molecule has 0 aromatic rings. The largest absolute Gasteiger partial charge is 0.462 e. The molecule has 0 saturated heterocycles. The van der Waals surface area contributed by atoms with Crippen molar-refractivity contribution in [2.45, 2.75) is 290 Å². The summed E-state index contributed by atoms with van der Waals surface area (Å²) in [7, 11) is 0. The van der Waals surface area contributed by atoms with Crippen LogP contribution in [0, 0.1) is 0 Å². The van der Waals surface area contributed by atoms with Gasteiger partial charge in [0.05, 0.1) is 0 Å². The molecule has 402 valence electrons. The van der Waals surface area contributed by atoms with E-state index in [0.29, 0.717) is 19.3 Å². The van der Waals surface area contributed by atoms with Gasteiger partial charge in [-0.25, -0.2) is 0 Å². The zero-order chi connectivity index (χ0) is 50.7. The Bertz CT molecular complexity index is 1350. The molecule has 0 aromatic carbocycles. The van der Waals surface area contributed by atoms with Gasteiger partial charge in [0.1, 0.15) is 13.2 Å². The summed E-state index contributed by atoms with van der Waals surface area (Å²) < 4.78 is 16.8. The highest BCUT2D eigenvalue weighted by atomic mass is 16.6. The Hall–Kier alpha value is -3.41. The molecule has 0 aliphatic rings. The van der Waals surface area contributed by atoms with Crippen molar-refractivity contribution >= 4 is 17.9 Å². The molecule has 0 fully saturated rings. The van der Waals surface area contributed by atoms with Crippen molar-refractivity contribution < 1.29 is 28.6 Å². The topological polar surface area (TPSA) is 78.9 Å². The van der Waals surface area contributed by atoms with Crippen molar-refractivity contribution in [2.75, 3.05) is 13.2 Å². The molecule has 0 saturated carbocycles. The average molecular weight is 976 g/mol. The standard InChI is InChI=1S/C64H110O6/c1-4-7-10-13-16-19-22-25-28-31-32-34-36-39-42-45-48-51-54-57-63(66)69-60-61(59-68-62(65)56-53-50-47-44-41-38-35-30-27-24-21-18-15-12-9-6-3)70-64(67)58-55-52-49-46-43-40-37-33-29-26-23-20-17-14-11-8-5-2/h8,11,16-17,19-20,22,25-26,29,37,40,46,49,61H,4-7,9-10,12-15,18,21,23-24,27-28,30-36,38-39,41-45,47-48,50-60H2,1-3H3/b11-8-,19-16-,20-17-,25-22-,29-26-,40-37-,49-46-. The van der Waals surface area contributed by atoms with Crippen LogP contribution >= 0.6 is 0 Å². The lowest BCUT2D eigenvalue weighted by molar-refractivity contribution is -0.167. The second kappa shape index (κ2) is 58.2. The maximum Gasteiger partial charge on any atom is 0.306 e. The van der Waals surface area contributed by atoms with Crippen molar-refractivity contribution in [1.82, 2.24) is 0 Å². The minimum atomic E-state index is -0.807. The molecule has 0 aliphatic heterocycles. The molecular weight excluding hydrogens is 865 g/mol. The molecule has 6 nitrogen and oxygen atoms in total. The minimum Gasteiger partial charge on any atom is -0.462 e. The van der Waals surface area contributed by atoms with Gasteiger partial charge in [-0.3, -0.25) is 14.4 Å². The monoisotopic (exact) mass is 975 g/mol. The Labute approximate surface area is 433 Å². The number of unbranched alkanes of at least 4 members (excludes halogenated alkanes) is 29. The van der Waals surface area contributed by atoms with Gasteiger partial charge in [-0.05, 0) is 83.5 Å². The van der Waals surface area contributed by atoms with E-state index in [9.17, 15) is 14.4 Å². The molecular formula is C64H110O6. The molecule has 1 atom stereocenters. The second-order valence-electron chi connectivity index (χ2n) is 19.6. The first kappa shape index (κ1) is 66.6. The summed E-state index contributed by atoms with van der Waals surface area (Å²) in [5.41, 5.74) is 0. The minimum absolute atomic E-state index is 0.0978. The molecule has 0 N–H and O–H groups in total. The fourth-order valence-corrected chi connectivity index (χ4v) is 8.23. The summed E-state index contributed by atoms with van der Waals surface area (Å²) in [5.74, 6) is -0.951. The van der Waals surface area contributed by atoms with E-state index in [0.717, 1.165) is 77.0 Å². The van der Waals surface area contributed by atoms with E-state index >= 15 is 0 Å². The third-order valence-electron chi connectivity index (χ3n) is 12.7. The molecule has 0 amide bonds. The van der Waals surface area contributed by atoms with Crippen LogP contribution in [0.15, 0.2) is 85.1 Å². The van der Waals surface area contributed by atoms with Gasteiger partial charge in [-0.1, -0.05) is 266 Å². The third-order valence-corrected chi connectivity index (χ3v) is 12.7. The lowest BCUT2D eigenvalue weighted by Crippen LogP contribution is -2.30. The van der Waals surface area contributed by atoms with Crippen LogP contribution in [-0.2, 0) is 28.6 Å². The number of rotatable bonds is 53. The summed E-state index contributed by atoms with van der Waals surface area (Å²) in [4.78, 5) is 38.2. The highest BCUT2D eigenvalue weighted by Gasteiger charge is 2.19. The summed E-state index contributed by atoms with van der Waals surface area (Å²) in [6.07, 6.45) is 75.8. The number of carbonyl (C=O) groups is 3. The van der Waals surface area contributed by atoms with Gasteiger partial charge in [-0.15, -0.1) is 0 Å². The van der Waals surface area contributed by atoms with Gasteiger partial charge >= 0.3 is 17.9 Å². The summed E-state index contributed by atoms with van der Waals surface area (Å²) in [6.45, 7) is 6.47. The van der Waals surface area contributed by atoms with Crippen molar-refractivity contribution in [3.63, 3.8) is 0 Å². The Kier molecular flexibility index (Phi) is 55.3. The predicted octanol–water partition coefficient (Wildman–Crippen LogP) is 19.9. The number of hydrogen-bond acceptors (Lipinski definition) is 6. The third kappa shape index (κ3) is 55.5. The number of hydrogen-bond donors (Lipinski definition) is 0. The van der Waals surface area contributed by atoms with Gasteiger partial charge < -0.3 is 14.2 Å². The summed E-state index contributed by atoms with van der Waals surface area (Å²) in [6, 6.07) is 0. The average Bonchev–Trinajstić information content (AvgIpc) is 3.36. The van der Waals surface area contributed by atoms with E-state index in [-0.39, 0.29) is 37.5 Å². The van der Waals surface area contributed by atoms with Gasteiger partial charge in [0.15, 0.2) is 6.10 Å². The summed E-state index contributed by atoms with van der Waals surface area (Å²) >= 11 is 0. The van der Waals surface area contributed by atoms with Crippen LogP contribution < -0.4 is 0 Å². The van der Waals surface area contributed by atoms with E-state index < -0.39 is 6.10 Å². The van der Waals surface area contributed by atoms with Crippen molar-refractivity contribution in [3.05, 3.63) is 85.1 Å². The van der Waals surface area contributed by atoms with E-state index in [1.165, 1.54) is 161 Å². The molecule has 0 radical (unpaired) electrons. The molecule has 0 aliphatic carbocycles. The fourth-order valence-electron chi connectivity index (χ4n) is 8.23. The van der Waals surface area contributed by atoms with Crippen LogP contribution in [0.25, 0.3) is 0 Å². The smallest absolute Gasteiger partial charge is 0.306 e. The normalized spacial score (nSPS) is 12.7. The van der Waals surface area contributed by atoms with Crippen molar-refractivity contribution in [2.24, 2.45) is 0 Å². The van der Waals surface area contributed by atoms with Gasteiger partial charge in [0, 0.05) is 19.3 Å². The molecule has 70 heavy (non-hydrogen) atoms. The first-order valence-electron chi connectivity index (χ1n) is 29.6. The quantitative estimate of drug-likeness (QED) is 0.0199. The first-order chi connectivity index (χ1) is 34.5. The van der Waals surface area contributed by atoms with Crippen molar-refractivity contribution in [1.29, 1.82) is 0 Å². The predicted molar refractivity (Wildman–Crippen MR) is 302 cm³/mol. The van der Waals surface area contributed by atoms with E-state index in [4.69, 9.17) is 14.2 Å². The van der Waals surface area contributed by atoms with E-state index in [1.54, 1.807) is 0 Å². The highest BCUT2D eigenvalue weighted by molar-refractivity contribution is 5.71. The van der Waals surface area contributed by atoms with Crippen LogP contribution in [-0.4, -0.2) is 37.2 Å². The highest BCUT2D eigenvalue weighted by Crippen LogP contribution is 2.16. The number of allylic oxidation sites excluding steroid dienone is 14. The molecule has 1 unspecified atom stereocenters. The molecule has 0 aromatic heterocycles. The van der Waals surface area contributed by atoms with Crippen molar-refractivity contribution in [3.8, 4) is 0 Å². The molecule has 6 heteroatoms. The number of ether oxygens (including phenoxy) is 3. The van der Waals surface area contributed by atoms with Crippen LogP contribution in [0.2, 0.25) is 0 Å². The SMILES string of the molecule is CC/C=C\C/C=C\C/C=C\C/C=C\C/C=C\CCCC(=O)OC(COC(=O)CCCCCCCCCCCC/C=C\C=C/CCCCC)COC(=O)CCCCCCCCCCCCCCCCCC. The lowest BCUT2D eigenvalue weighted by atomic mass is 10.0. The molecule has 0 rings (SSSR count). The fraction of sp³-hybridized carbons (Fsp3) is 0.734. The maximum absolute atomic E-state index is 12.8. The van der Waals surface area contributed by atoms with E-state index in [2.05, 4.69) is 106 Å². The van der Waals surface area contributed by atoms with Crippen LogP contribution in [0.1, 0.15) is 284 Å². The summed E-state index contributed by atoms with van der Waals surface area (Å²) in [5, 5.41) is 0. The Morgan fingerprint density at radius 1 is 0.314 bits per heavy atom. The van der Waals surface area contributed by atoms with Gasteiger partial charge in [0.2, 0.25) is 0 Å². The number of esters is 3. The second-order valence-corrected chi connectivity index (χ2v) is 19.6. The zero-order valence-electron chi connectivity index (χ0n) is 46.0. The zero-order valence-corrected chi connectivity index (χ0v) is 46.0. The van der Waals surface area contributed by atoms with E-state index in [1.807, 2.05) is 0 Å². The first-order valence-corrected chi connectivity index (χ1v) is 29.6. The molecule has 0 heterocycles. The van der Waals surface area contributed by atoms with Gasteiger partial charge in [-0.2, -0.15) is 0 Å². The maximum atomic E-state index is 12.8. The Morgan fingerprint density at radius 3 is 1.01 bits per heavy atom. The Morgan fingerprint density at radius 2 is 0.614 bits per heavy atom. The van der Waals surface area contributed by atoms with Crippen LogP contribution in [0.3, 0.4) is 0 Å². The Balaban J connectivity index is 4.45. The van der Waals surface area contributed by atoms with Crippen LogP contribution in [0.5, 0.6) is 0 Å². The number of carbonyl (C=O) groups excluding carboxylic acids is 3. The molecule has 0 bridgehead atoms. The van der Waals surface area contributed by atoms with Gasteiger partial charge in [0.25, 0.3) is 0 Å². The lowest BCUT2D eigenvalue weighted by Gasteiger charge is -2.18.